The van der Waals surface area contributed by atoms with Gasteiger partial charge >= 0.3 is 0 Å². The number of Topliss-reactive ketones (excluding diaryl/α,β-unsaturated/α-hetero) is 1. The number of fused-ring (bicyclic) bond motifs is 1. The number of rotatable bonds is 1. The number of hydrogen-bond donors (Lipinski definition) is 1. The van der Waals surface area contributed by atoms with Gasteiger partial charge in [0.2, 0.25) is 0 Å². The summed E-state index contributed by atoms with van der Waals surface area (Å²) in [6, 6.07) is 8.01. The second-order valence-corrected chi connectivity index (χ2v) is 4.55. The SMILES string of the molecule is O=C1CC(C2CCOC2)Nc2ccccc21. The van der Waals surface area contributed by atoms with E-state index in [1.54, 1.807) is 0 Å². The Morgan fingerprint density at radius 2 is 2.19 bits per heavy atom. The van der Waals surface area contributed by atoms with Gasteiger partial charge in [0.1, 0.15) is 0 Å². The first-order valence-electron chi connectivity index (χ1n) is 5.81. The van der Waals surface area contributed by atoms with E-state index in [0.29, 0.717) is 12.3 Å². The molecule has 2 aliphatic heterocycles. The minimum atomic E-state index is 0.255. The highest BCUT2D eigenvalue weighted by molar-refractivity contribution is 6.03. The standard InChI is InChI=1S/C13H15NO2/c15-13-7-12(9-5-6-16-8-9)14-11-4-2-1-3-10(11)13/h1-4,9,12,14H,5-8H2. The van der Waals surface area contributed by atoms with Gasteiger partial charge in [-0.05, 0) is 18.6 Å². The Labute approximate surface area is 94.8 Å². The minimum absolute atomic E-state index is 0.255. The van der Waals surface area contributed by atoms with E-state index in [-0.39, 0.29) is 11.8 Å². The molecule has 0 spiro atoms. The monoisotopic (exact) mass is 217 g/mol. The van der Waals surface area contributed by atoms with Gasteiger partial charge in [0, 0.05) is 36.2 Å². The summed E-state index contributed by atoms with van der Waals surface area (Å²) in [4.78, 5) is 12.0. The van der Waals surface area contributed by atoms with E-state index < -0.39 is 0 Å². The van der Waals surface area contributed by atoms with Gasteiger partial charge in [-0.2, -0.15) is 0 Å². The number of carbonyl (C=O) groups is 1. The van der Waals surface area contributed by atoms with Crippen molar-refractivity contribution >= 4 is 11.5 Å². The number of benzene rings is 1. The Morgan fingerprint density at radius 1 is 1.31 bits per heavy atom. The van der Waals surface area contributed by atoms with Crippen LogP contribution >= 0.6 is 0 Å². The molecule has 0 radical (unpaired) electrons. The quantitative estimate of drug-likeness (QED) is 0.782. The molecule has 1 aromatic carbocycles. The van der Waals surface area contributed by atoms with Gasteiger partial charge in [0.15, 0.2) is 5.78 Å². The number of carbonyl (C=O) groups excluding carboxylic acids is 1. The first-order chi connectivity index (χ1) is 7.84. The third-order valence-corrected chi connectivity index (χ3v) is 3.51. The van der Waals surface area contributed by atoms with Crippen LogP contribution in [0.1, 0.15) is 23.2 Å². The lowest BCUT2D eigenvalue weighted by Crippen LogP contribution is -2.36. The summed E-state index contributed by atoms with van der Waals surface area (Å²) in [5, 5.41) is 3.47. The average molecular weight is 217 g/mol. The highest BCUT2D eigenvalue weighted by Gasteiger charge is 2.32. The zero-order valence-corrected chi connectivity index (χ0v) is 9.11. The van der Waals surface area contributed by atoms with Crippen LogP contribution in [-0.4, -0.2) is 25.0 Å². The molecule has 2 aliphatic rings. The minimum Gasteiger partial charge on any atom is -0.381 e. The van der Waals surface area contributed by atoms with Gasteiger partial charge in [0.25, 0.3) is 0 Å². The second kappa shape index (κ2) is 3.91. The van der Waals surface area contributed by atoms with Crippen molar-refractivity contribution in [2.45, 2.75) is 18.9 Å². The average Bonchev–Trinajstić information content (AvgIpc) is 2.82. The van der Waals surface area contributed by atoms with E-state index in [9.17, 15) is 4.79 Å². The lowest BCUT2D eigenvalue weighted by Gasteiger charge is -2.29. The van der Waals surface area contributed by atoms with Crippen molar-refractivity contribution in [2.75, 3.05) is 18.5 Å². The van der Waals surface area contributed by atoms with Crippen molar-refractivity contribution in [2.24, 2.45) is 5.92 Å². The maximum atomic E-state index is 12.0. The number of nitrogens with one attached hydrogen (secondary N) is 1. The molecular formula is C13H15NO2. The van der Waals surface area contributed by atoms with E-state index in [0.717, 1.165) is 30.9 Å². The maximum absolute atomic E-state index is 12.0. The zero-order valence-electron chi connectivity index (χ0n) is 9.11. The highest BCUT2D eigenvalue weighted by atomic mass is 16.5. The van der Waals surface area contributed by atoms with Gasteiger partial charge in [-0.1, -0.05) is 12.1 Å². The summed E-state index contributed by atoms with van der Waals surface area (Å²) >= 11 is 0. The molecule has 3 rings (SSSR count). The molecule has 0 bridgehead atoms. The molecule has 0 saturated carbocycles. The maximum Gasteiger partial charge on any atom is 0.167 e. The van der Waals surface area contributed by atoms with E-state index in [1.807, 2.05) is 24.3 Å². The van der Waals surface area contributed by atoms with E-state index in [1.165, 1.54) is 0 Å². The molecule has 0 aromatic heterocycles. The van der Waals surface area contributed by atoms with Crippen molar-refractivity contribution in [3.8, 4) is 0 Å². The van der Waals surface area contributed by atoms with Crippen LogP contribution in [0.4, 0.5) is 5.69 Å². The number of hydrogen-bond acceptors (Lipinski definition) is 3. The summed E-state index contributed by atoms with van der Waals surface area (Å²) < 4.78 is 5.38. The van der Waals surface area contributed by atoms with E-state index in [2.05, 4.69) is 5.32 Å². The third kappa shape index (κ3) is 1.61. The fourth-order valence-corrected chi connectivity index (χ4v) is 2.57. The Balaban J connectivity index is 1.85. The molecule has 3 nitrogen and oxygen atoms in total. The molecule has 1 aromatic rings. The van der Waals surface area contributed by atoms with Crippen LogP contribution in [0.5, 0.6) is 0 Å². The Hall–Kier alpha value is -1.35. The van der Waals surface area contributed by atoms with Crippen LogP contribution in [0, 0.1) is 5.92 Å². The van der Waals surface area contributed by atoms with Crippen molar-refractivity contribution in [3.63, 3.8) is 0 Å². The topological polar surface area (TPSA) is 38.3 Å². The molecular weight excluding hydrogens is 202 g/mol. The lowest BCUT2D eigenvalue weighted by atomic mass is 9.88. The Kier molecular flexibility index (Phi) is 2.40. The molecule has 1 N–H and O–H groups in total. The van der Waals surface area contributed by atoms with Crippen LogP contribution in [0.25, 0.3) is 0 Å². The number of ether oxygens (including phenoxy) is 1. The molecule has 1 fully saturated rings. The first kappa shape index (κ1) is 9.85. The zero-order chi connectivity index (χ0) is 11.0. The number of para-hydroxylation sites is 1. The van der Waals surface area contributed by atoms with Crippen molar-refractivity contribution in [1.82, 2.24) is 0 Å². The highest BCUT2D eigenvalue weighted by Crippen LogP contribution is 2.30. The van der Waals surface area contributed by atoms with Crippen molar-refractivity contribution in [1.29, 1.82) is 0 Å². The lowest BCUT2D eigenvalue weighted by molar-refractivity contribution is 0.0960. The van der Waals surface area contributed by atoms with Gasteiger partial charge in [-0.25, -0.2) is 0 Å². The Bertz CT molecular complexity index is 410. The fourth-order valence-electron chi connectivity index (χ4n) is 2.57. The molecule has 3 heteroatoms. The van der Waals surface area contributed by atoms with Crippen molar-refractivity contribution < 1.29 is 9.53 Å². The molecule has 0 amide bonds. The molecule has 0 aliphatic carbocycles. The molecule has 2 atom stereocenters. The van der Waals surface area contributed by atoms with Crippen molar-refractivity contribution in [3.05, 3.63) is 29.8 Å². The molecule has 2 heterocycles. The van der Waals surface area contributed by atoms with Gasteiger partial charge in [-0.15, -0.1) is 0 Å². The van der Waals surface area contributed by atoms with Crippen LogP contribution < -0.4 is 5.32 Å². The fraction of sp³-hybridized carbons (Fsp3) is 0.462. The normalized spacial score (nSPS) is 28.6. The third-order valence-electron chi connectivity index (χ3n) is 3.51. The predicted octanol–water partition coefficient (Wildman–Crippen LogP) is 2.09. The van der Waals surface area contributed by atoms with Crippen LogP contribution in [-0.2, 0) is 4.74 Å². The largest absolute Gasteiger partial charge is 0.381 e. The summed E-state index contributed by atoms with van der Waals surface area (Å²) in [5.74, 6) is 0.739. The van der Waals surface area contributed by atoms with Crippen LogP contribution in [0.15, 0.2) is 24.3 Å². The van der Waals surface area contributed by atoms with Gasteiger partial charge < -0.3 is 10.1 Å². The van der Waals surface area contributed by atoms with Crippen LogP contribution in [0.2, 0.25) is 0 Å². The molecule has 1 saturated heterocycles. The molecule has 16 heavy (non-hydrogen) atoms. The van der Waals surface area contributed by atoms with Gasteiger partial charge in [-0.3, -0.25) is 4.79 Å². The smallest absolute Gasteiger partial charge is 0.167 e. The first-order valence-corrected chi connectivity index (χ1v) is 5.81. The summed E-state index contributed by atoms with van der Waals surface area (Å²) in [5.41, 5.74) is 1.81. The summed E-state index contributed by atoms with van der Waals surface area (Å²) in [6.45, 7) is 1.62. The predicted molar refractivity (Wildman–Crippen MR) is 61.7 cm³/mol. The summed E-state index contributed by atoms with van der Waals surface area (Å²) in [7, 11) is 0. The number of ketones is 1. The second-order valence-electron chi connectivity index (χ2n) is 4.55. The summed E-state index contributed by atoms with van der Waals surface area (Å²) in [6.07, 6.45) is 1.66. The van der Waals surface area contributed by atoms with E-state index >= 15 is 0 Å². The van der Waals surface area contributed by atoms with Gasteiger partial charge in [0.05, 0.1) is 6.61 Å². The molecule has 84 valence electrons. The number of anilines is 1. The molecule has 2 unspecified atom stereocenters. The van der Waals surface area contributed by atoms with E-state index in [4.69, 9.17) is 4.74 Å². The van der Waals surface area contributed by atoms with Crippen LogP contribution in [0.3, 0.4) is 0 Å². The Morgan fingerprint density at radius 3 is 3.00 bits per heavy atom.